The molecule has 1 heterocycles. The van der Waals surface area contributed by atoms with Crippen molar-refractivity contribution < 1.29 is 13.7 Å². The van der Waals surface area contributed by atoms with E-state index in [0.29, 0.717) is 30.1 Å². The van der Waals surface area contributed by atoms with Crippen LogP contribution < -0.4 is 5.32 Å². The number of nitrogens with one attached hydrogen (secondary N) is 1. The fraction of sp³-hybridized carbons (Fsp3) is 0.286. The van der Waals surface area contributed by atoms with Crippen molar-refractivity contribution in [3.63, 3.8) is 0 Å². The average Bonchev–Trinajstić information content (AvgIpc) is 3.32. The van der Waals surface area contributed by atoms with Gasteiger partial charge in [-0.2, -0.15) is 4.98 Å². The zero-order valence-corrected chi connectivity index (χ0v) is 15.2. The van der Waals surface area contributed by atoms with Gasteiger partial charge in [0.05, 0.1) is 5.41 Å². The molecule has 5 nitrogen and oxygen atoms in total. The summed E-state index contributed by atoms with van der Waals surface area (Å²) in [5, 5.41) is 6.93. The molecule has 1 aliphatic rings. The van der Waals surface area contributed by atoms with Crippen molar-refractivity contribution in [2.45, 2.75) is 38.1 Å². The van der Waals surface area contributed by atoms with Gasteiger partial charge in [-0.1, -0.05) is 47.6 Å². The number of hydrogen-bond donors (Lipinski definition) is 1. The number of carbonyl (C=O) groups excluding carboxylic acids is 1. The Hall–Kier alpha value is -3.02. The van der Waals surface area contributed by atoms with Gasteiger partial charge in [-0.25, -0.2) is 4.39 Å². The van der Waals surface area contributed by atoms with Crippen LogP contribution in [-0.4, -0.2) is 16.0 Å². The second kappa shape index (κ2) is 6.61. The second-order valence-electron chi connectivity index (χ2n) is 7.03. The standard InChI is InChI=1S/C21H20FN3O2/c1-13-7-3-4-8-15(13)18-24-19(27-25-18)14(2)23-20(26)21(11-12-21)16-9-5-6-10-17(16)22/h3-10,14H,11-12H2,1-2H3,(H,23,26)/t14-/m1/s1. The van der Waals surface area contributed by atoms with Gasteiger partial charge in [0.2, 0.25) is 17.6 Å². The first-order chi connectivity index (χ1) is 13.0. The van der Waals surface area contributed by atoms with Gasteiger partial charge in [0, 0.05) is 11.1 Å². The highest BCUT2D eigenvalue weighted by Gasteiger charge is 2.53. The van der Waals surface area contributed by atoms with Crippen molar-refractivity contribution in [1.29, 1.82) is 0 Å². The lowest BCUT2D eigenvalue weighted by Crippen LogP contribution is -2.37. The second-order valence-corrected chi connectivity index (χ2v) is 7.03. The first-order valence-corrected chi connectivity index (χ1v) is 8.97. The summed E-state index contributed by atoms with van der Waals surface area (Å²) in [5.41, 5.74) is 1.58. The molecule has 4 rings (SSSR count). The number of rotatable bonds is 5. The molecule has 1 aromatic heterocycles. The molecule has 138 valence electrons. The molecular weight excluding hydrogens is 345 g/mol. The minimum absolute atomic E-state index is 0.212. The van der Waals surface area contributed by atoms with Gasteiger partial charge in [0.1, 0.15) is 11.9 Å². The Morgan fingerprint density at radius 3 is 2.59 bits per heavy atom. The third kappa shape index (κ3) is 3.12. The lowest BCUT2D eigenvalue weighted by atomic mass is 9.94. The van der Waals surface area contributed by atoms with E-state index in [1.54, 1.807) is 25.1 Å². The van der Waals surface area contributed by atoms with Crippen LogP contribution in [0.2, 0.25) is 0 Å². The van der Waals surface area contributed by atoms with Gasteiger partial charge in [0.25, 0.3) is 0 Å². The van der Waals surface area contributed by atoms with Crippen LogP contribution in [0.25, 0.3) is 11.4 Å². The molecule has 0 bridgehead atoms. The van der Waals surface area contributed by atoms with E-state index >= 15 is 0 Å². The van der Waals surface area contributed by atoms with Gasteiger partial charge in [-0.15, -0.1) is 0 Å². The number of nitrogens with zero attached hydrogens (tertiary/aromatic N) is 2. The minimum Gasteiger partial charge on any atom is -0.344 e. The van der Waals surface area contributed by atoms with E-state index in [4.69, 9.17) is 4.52 Å². The van der Waals surface area contributed by atoms with Gasteiger partial charge in [-0.3, -0.25) is 4.79 Å². The molecule has 1 fully saturated rings. The van der Waals surface area contributed by atoms with Gasteiger partial charge < -0.3 is 9.84 Å². The fourth-order valence-electron chi connectivity index (χ4n) is 3.33. The molecule has 0 unspecified atom stereocenters. The molecule has 1 aliphatic carbocycles. The quantitative estimate of drug-likeness (QED) is 0.739. The smallest absolute Gasteiger partial charge is 0.249 e. The lowest BCUT2D eigenvalue weighted by Gasteiger charge is -2.18. The van der Waals surface area contributed by atoms with Crippen molar-refractivity contribution in [3.8, 4) is 11.4 Å². The molecule has 6 heteroatoms. The maximum atomic E-state index is 14.2. The van der Waals surface area contributed by atoms with Crippen LogP contribution in [0, 0.1) is 12.7 Å². The summed E-state index contributed by atoms with van der Waals surface area (Å²) in [6.45, 7) is 3.76. The maximum absolute atomic E-state index is 14.2. The molecule has 1 atom stereocenters. The van der Waals surface area contributed by atoms with E-state index < -0.39 is 11.5 Å². The molecule has 3 aromatic rings. The van der Waals surface area contributed by atoms with E-state index in [1.807, 2.05) is 31.2 Å². The maximum Gasteiger partial charge on any atom is 0.249 e. The molecule has 0 saturated heterocycles. The highest BCUT2D eigenvalue weighted by Crippen LogP contribution is 2.49. The average molecular weight is 365 g/mol. The van der Waals surface area contributed by atoms with Crippen LogP contribution in [0.4, 0.5) is 4.39 Å². The number of carbonyl (C=O) groups is 1. The Morgan fingerprint density at radius 2 is 1.89 bits per heavy atom. The van der Waals surface area contributed by atoms with Crippen molar-refractivity contribution in [2.24, 2.45) is 0 Å². The van der Waals surface area contributed by atoms with Crippen molar-refractivity contribution in [3.05, 3.63) is 71.4 Å². The van der Waals surface area contributed by atoms with Crippen LogP contribution >= 0.6 is 0 Å². The van der Waals surface area contributed by atoms with Crippen LogP contribution in [-0.2, 0) is 10.2 Å². The Labute approximate surface area is 156 Å². The molecule has 1 N–H and O–H groups in total. The highest BCUT2D eigenvalue weighted by molar-refractivity contribution is 5.91. The summed E-state index contributed by atoms with van der Waals surface area (Å²) >= 11 is 0. The predicted octanol–water partition coefficient (Wildman–Crippen LogP) is 4.09. The van der Waals surface area contributed by atoms with Crippen LogP contribution in [0.3, 0.4) is 0 Å². The summed E-state index contributed by atoms with van der Waals surface area (Å²) in [6, 6.07) is 13.7. The summed E-state index contributed by atoms with van der Waals surface area (Å²) in [6.07, 6.45) is 1.26. The number of benzene rings is 2. The third-order valence-electron chi connectivity index (χ3n) is 5.12. The zero-order chi connectivity index (χ0) is 19.0. The lowest BCUT2D eigenvalue weighted by molar-refractivity contribution is -0.124. The van der Waals surface area contributed by atoms with Gasteiger partial charge in [-0.05, 0) is 38.3 Å². The number of aromatic nitrogens is 2. The zero-order valence-electron chi connectivity index (χ0n) is 15.2. The molecule has 1 saturated carbocycles. The number of aryl methyl sites for hydroxylation is 1. The fourth-order valence-corrected chi connectivity index (χ4v) is 3.33. The largest absolute Gasteiger partial charge is 0.344 e. The predicted molar refractivity (Wildman–Crippen MR) is 98.3 cm³/mol. The number of amides is 1. The van der Waals surface area contributed by atoms with Crippen LogP contribution in [0.15, 0.2) is 53.1 Å². The Kier molecular flexibility index (Phi) is 4.26. The van der Waals surface area contributed by atoms with Gasteiger partial charge in [0.15, 0.2) is 0 Å². The summed E-state index contributed by atoms with van der Waals surface area (Å²) in [5.74, 6) is 0.249. The van der Waals surface area contributed by atoms with Crippen molar-refractivity contribution >= 4 is 5.91 Å². The highest BCUT2D eigenvalue weighted by atomic mass is 19.1. The molecular formula is C21H20FN3O2. The van der Waals surface area contributed by atoms with E-state index in [2.05, 4.69) is 15.5 Å². The van der Waals surface area contributed by atoms with Crippen LogP contribution in [0.5, 0.6) is 0 Å². The Balaban J connectivity index is 1.52. The molecule has 1 amide bonds. The van der Waals surface area contributed by atoms with Crippen molar-refractivity contribution in [2.75, 3.05) is 0 Å². The normalized spacial score (nSPS) is 16.0. The molecule has 27 heavy (non-hydrogen) atoms. The van der Waals surface area contributed by atoms with E-state index in [1.165, 1.54) is 6.07 Å². The SMILES string of the molecule is Cc1ccccc1-c1noc([C@@H](C)NC(=O)C2(c3ccccc3F)CC2)n1. The molecule has 0 radical (unpaired) electrons. The minimum atomic E-state index is -0.793. The number of hydrogen-bond acceptors (Lipinski definition) is 4. The van der Waals surface area contributed by atoms with E-state index in [-0.39, 0.29) is 11.7 Å². The van der Waals surface area contributed by atoms with Gasteiger partial charge >= 0.3 is 0 Å². The first kappa shape index (κ1) is 17.4. The summed E-state index contributed by atoms with van der Waals surface area (Å²) < 4.78 is 19.5. The van der Waals surface area contributed by atoms with E-state index in [0.717, 1.165) is 11.1 Å². The topological polar surface area (TPSA) is 68.0 Å². The van der Waals surface area contributed by atoms with Crippen molar-refractivity contribution in [1.82, 2.24) is 15.5 Å². The summed E-state index contributed by atoms with van der Waals surface area (Å²) in [4.78, 5) is 17.2. The monoisotopic (exact) mass is 365 g/mol. The molecule has 2 aromatic carbocycles. The summed E-state index contributed by atoms with van der Waals surface area (Å²) in [7, 11) is 0. The molecule has 0 aliphatic heterocycles. The Morgan fingerprint density at radius 1 is 1.19 bits per heavy atom. The Bertz CT molecular complexity index is 994. The van der Waals surface area contributed by atoms with E-state index in [9.17, 15) is 9.18 Å². The molecule has 0 spiro atoms. The number of halogens is 1. The van der Waals surface area contributed by atoms with Crippen LogP contribution in [0.1, 0.15) is 42.8 Å². The third-order valence-corrected chi connectivity index (χ3v) is 5.12. The first-order valence-electron chi connectivity index (χ1n) is 8.97.